The highest BCUT2D eigenvalue weighted by Gasteiger charge is 2.08. The Morgan fingerprint density at radius 1 is 1.33 bits per heavy atom. The van der Waals surface area contributed by atoms with Crippen molar-refractivity contribution in [3.8, 4) is 11.4 Å². The fourth-order valence-corrected chi connectivity index (χ4v) is 2.44. The summed E-state index contributed by atoms with van der Waals surface area (Å²) in [6.07, 6.45) is 0. The zero-order chi connectivity index (χ0) is 14.8. The van der Waals surface area contributed by atoms with Gasteiger partial charge in [0.15, 0.2) is 0 Å². The number of thiazole rings is 1. The topological polar surface area (TPSA) is 99.6 Å². The van der Waals surface area contributed by atoms with Gasteiger partial charge in [-0.3, -0.25) is 4.79 Å². The summed E-state index contributed by atoms with van der Waals surface area (Å²) >= 11 is 1.59. The predicted octanol–water partition coefficient (Wildman–Crippen LogP) is 1.25. The number of aromatic nitrogens is 5. The van der Waals surface area contributed by atoms with Gasteiger partial charge in [-0.25, -0.2) is 4.98 Å². The monoisotopic (exact) mass is 300 g/mol. The van der Waals surface area contributed by atoms with Crippen molar-refractivity contribution in [3.63, 3.8) is 0 Å². The van der Waals surface area contributed by atoms with Gasteiger partial charge in [-0.15, -0.1) is 21.5 Å². The molecule has 8 heteroatoms. The second-order valence-electron chi connectivity index (χ2n) is 4.44. The standard InChI is InChI=1S/C13H12N6OS/c1-8-15-11(7-21-8)6-19-17-13(16-18-19)10-4-2-9(3-5-10)12(14)20/h2-5,7H,6H2,1H3,(H2,14,20). The molecule has 0 fully saturated rings. The Morgan fingerprint density at radius 2 is 2.10 bits per heavy atom. The number of nitrogens with two attached hydrogens (primary N) is 1. The number of carbonyl (C=O) groups excluding carboxylic acids is 1. The first-order chi connectivity index (χ1) is 10.1. The molecule has 2 aromatic heterocycles. The van der Waals surface area contributed by atoms with Crippen LogP contribution in [0.5, 0.6) is 0 Å². The summed E-state index contributed by atoms with van der Waals surface area (Å²) < 4.78 is 0. The molecule has 0 aliphatic rings. The van der Waals surface area contributed by atoms with Gasteiger partial charge in [-0.05, 0) is 24.3 Å². The second-order valence-corrected chi connectivity index (χ2v) is 5.51. The highest BCUT2D eigenvalue weighted by Crippen LogP contribution is 2.15. The molecule has 0 aliphatic heterocycles. The SMILES string of the molecule is Cc1nc(Cn2nnc(-c3ccc(C(N)=O)cc3)n2)cs1. The zero-order valence-electron chi connectivity index (χ0n) is 11.2. The lowest BCUT2D eigenvalue weighted by atomic mass is 10.1. The number of hydrogen-bond donors (Lipinski definition) is 1. The van der Waals surface area contributed by atoms with E-state index in [-0.39, 0.29) is 0 Å². The van der Waals surface area contributed by atoms with Gasteiger partial charge in [0, 0.05) is 16.5 Å². The Morgan fingerprint density at radius 3 is 2.71 bits per heavy atom. The number of amides is 1. The van der Waals surface area contributed by atoms with Crippen LogP contribution in [-0.4, -0.2) is 31.1 Å². The van der Waals surface area contributed by atoms with Gasteiger partial charge in [-0.2, -0.15) is 4.80 Å². The number of benzene rings is 1. The minimum atomic E-state index is -0.461. The van der Waals surface area contributed by atoms with Crippen LogP contribution in [0.4, 0.5) is 0 Å². The first-order valence-corrected chi connectivity index (χ1v) is 7.09. The molecule has 21 heavy (non-hydrogen) atoms. The first kappa shape index (κ1) is 13.4. The highest BCUT2D eigenvalue weighted by molar-refractivity contribution is 7.09. The van der Waals surface area contributed by atoms with Crippen molar-refractivity contribution in [3.05, 3.63) is 45.9 Å². The van der Waals surface area contributed by atoms with Crippen molar-refractivity contribution >= 4 is 17.2 Å². The molecule has 0 spiro atoms. The fraction of sp³-hybridized carbons (Fsp3) is 0.154. The molecule has 0 saturated heterocycles. The Kier molecular flexibility index (Phi) is 3.44. The van der Waals surface area contributed by atoms with Gasteiger partial charge in [0.2, 0.25) is 11.7 Å². The number of nitrogens with zero attached hydrogens (tertiary/aromatic N) is 5. The van der Waals surface area contributed by atoms with Crippen LogP contribution >= 0.6 is 11.3 Å². The van der Waals surface area contributed by atoms with Crippen molar-refractivity contribution in [1.29, 1.82) is 0 Å². The predicted molar refractivity (Wildman–Crippen MR) is 77.7 cm³/mol. The minimum absolute atomic E-state index is 0.448. The van der Waals surface area contributed by atoms with Gasteiger partial charge >= 0.3 is 0 Å². The maximum atomic E-state index is 11.0. The summed E-state index contributed by atoms with van der Waals surface area (Å²) in [6.45, 7) is 2.44. The van der Waals surface area contributed by atoms with E-state index < -0.39 is 5.91 Å². The summed E-state index contributed by atoms with van der Waals surface area (Å²) in [6, 6.07) is 6.77. The second kappa shape index (κ2) is 5.41. The summed E-state index contributed by atoms with van der Waals surface area (Å²) in [5.74, 6) is 0.0371. The van der Waals surface area contributed by atoms with Crippen molar-refractivity contribution in [2.24, 2.45) is 5.73 Å². The number of tetrazole rings is 1. The highest BCUT2D eigenvalue weighted by atomic mass is 32.1. The molecule has 0 atom stereocenters. The van der Waals surface area contributed by atoms with E-state index in [4.69, 9.17) is 5.73 Å². The molecule has 2 heterocycles. The van der Waals surface area contributed by atoms with E-state index in [0.29, 0.717) is 17.9 Å². The molecule has 0 bridgehead atoms. The molecule has 0 aliphatic carbocycles. The van der Waals surface area contributed by atoms with Crippen molar-refractivity contribution in [2.45, 2.75) is 13.5 Å². The number of primary amides is 1. The van der Waals surface area contributed by atoms with Crippen molar-refractivity contribution < 1.29 is 4.79 Å². The van der Waals surface area contributed by atoms with Gasteiger partial charge < -0.3 is 5.73 Å². The molecule has 1 amide bonds. The lowest BCUT2D eigenvalue weighted by Crippen LogP contribution is -2.10. The van der Waals surface area contributed by atoms with Crippen LogP contribution in [0.15, 0.2) is 29.6 Å². The lowest BCUT2D eigenvalue weighted by Gasteiger charge is -1.97. The molecule has 0 radical (unpaired) electrons. The van der Waals surface area contributed by atoms with Crippen LogP contribution in [0.3, 0.4) is 0 Å². The normalized spacial score (nSPS) is 10.7. The van der Waals surface area contributed by atoms with E-state index in [9.17, 15) is 4.79 Å². The molecular weight excluding hydrogens is 288 g/mol. The summed E-state index contributed by atoms with van der Waals surface area (Å²) in [5, 5.41) is 15.3. The van der Waals surface area contributed by atoms with E-state index in [1.165, 1.54) is 4.80 Å². The van der Waals surface area contributed by atoms with Crippen LogP contribution in [0.1, 0.15) is 21.1 Å². The van der Waals surface area contributed by atoms with E-state index in [1.54, 1.807) is 35.6 Å². The van der Waals surface area contributed by atoms with E-state index >= 15 is 0 Å². The molecule has 0 unspecified atom stereocenters. The molecule has 3 rings (SSSR count). The average molecular weight is 300 g/mol. The van der Waals surface area contributed by atoms with Crippen LogP contribution in [0, 0.1) is 6.92 Å². The Bertz CT molecular complexity index is 776. The van der Waals surface area contributed by atoms with E-state index in [0.717, 1.165) is 16.3 Å². The molecule has 3 aromatic rings. The average Bonchev–Trinajstić information content (AvgIpc) is 3.09. The van der Waals surface area contributed by atoms with Gasteiger partial charge in [0.25, 0.3) is 0 Å². The first-order valence-electron chi connectivity index (χ1n) is 6.21. The quantitative estimate of drug-likeness (QED) is 0.781. The maximum absolute atomic E-state index is 11.0. The molecule has 1 aromatic carbocycles. The Balaban J connectivity index is 1.79. The molecule has 2 N–H and O–H groups in total. The fourth-order valence-electron chi connectivity index (χ4n) is 1.84. The smallest absolute Gasteiger partial charge is 0.248 e. The molecule has 7 nitrogen and oxygen atoms in total. The third kappa shape index (κ3) is 2.95. The van der Waals surface area contributed by atoms with Gasteiger partial charge in [-0.1, -0.05) is 12.1 Å². The number of hydrogen-bond acceptors (Lipinski definition) is 6. The molecular formula is C13H12N6OS. The molecule has 106 valence electrons. The third-order valence-electron chi connectivity index (χ3n) is 2.85. The van der Waals surface area contributed by atoms with Crippen LogP contribution < -0.4 is 5.73 Å². The van der Waals surface area contributed by atoms with E-state index in [2.05, 4.69) is 20.4 Å². The Labute approximate surface area is 124 Å². The summed E-state index contributed by atoms with van der Waals surface area (Å²) in [4.78, 5) is 16.9. The van der Waals surface area contributed by atoms with Gasteiger partial charge in [0.05, 0.1) is 10.7 Å². The lowest BCUT2D eigenvalue weighted by molar-refractivity contribution is 0.100. The Hall–Kier alpha value is -2.61. The summed E-state index contributed by atoms with van der Waals surface area (Å²) in [7, 11) is 0. The zero-order valence-corrected chi connectivity index (χ0v) is 12.0. The van der Waals surface area contributed by atoms with Crippen molar-refractivity contribution in [2.75, 3.05) is 0 Å². The third-order valence-corrected chi connectivity index (χ3v) is 3.67. The molecule has 0 saturated carbocycles. The number of rotatable bonds is 4. The largest absolute Gasteiger partial charge is 0.366 e. The minimum Gasteiger partial charge on any atom is -0.366 e. The van der Waals surface area contributed by atoms with Gasteiger partial charge in [0.1, 0.15) is 6.54 Å². The van der Waals surface area contributed by atoms with Crippen LogP contribution in [0.25, 0.3) is 11.4 Å². The summed E-state index contributed by atoms with van der Waals surface area (Å²) in [5.41, 5.74) is 7.34. The van der Waals surface area contributed by atoms with Crippen LogP contribution in [0.2, 0.25) is 0 Å². The van der Waals surface area contributed by atoms with E-state index in [1.807, 2.05) is 12.3 Å². The number of carbonyl (C=O) groups is 1. The number of aryl methyl sites for hydroxylation is 1. The van der Waals surface area contributed by atoms with Crippen molar-refractivity contribution in [1.82, 2.24) is 25.2 Å². The van der Waals surface area contributed by atoms with Crippen LogP contribution in [-0.2, 0) is 6.54 Å². The maximum Gasteiger partial charge on any atom is 0.248 e.